The molecule has 0 bridgehead atoms. The van der Waals surface area contributed by atoms with Crippen LogP contribution in [0.15, 0.2) is 78.0 Å². The third-order valence-electron chi connectivity index (χ3n) is 6.03. The van der Waals surface area contributed by atoms with Crippen molar-refractivity contribution in [3.05, 3.63) is 94.7 Å². The number of likely N-dealkylation sites (tertiary alicyclic amines) is 1. The largest absolute Gasteiger partial charge is 0.371 e. The van der Waals surface area contributed by atoms with Crippen LogP contribution >= 0.6 is 0 Å². The molecule has 0 amide bonds. The number of nitriles is 1. The fraction of sp³-hybridized carbons (Fsp3) is 0.280. The van der Waals surface area contributed by atoms with Crippen molar-refractivity contribution in [2.45, 2.75) is 38.1 Å². The second kappa shape index (κ2) is 7.86. The predicted octanol–water partition coefficient (Wildman–Crippen LogP) is 5.22. The van der Waals surface area contributed by atoms with Crippen molar-refractivity contribution in [1.82, 2.24) is 4.90 Å². The van der Waals surface area contributed by atoms with E-state index < -0.39 is 0 Å². The Bertz CT molecular complexity index is 964. The SMILES string of the molecule is CC1C(c2ccc(C(=O)c3ccccc3)cc2)CCN1C1=CC=C(C#N)CC1. The Labute approximate surface area is 166 Å². The molecular weight excluding hydrogens is 344 g/mol. The van der Waals surface area contributed by atoms with Crippen molar-refractivity contribution in [2.24, 2.45) is 0 Å². The van der Waals surface area contributed by atoms with Gasteiger partial charge in [0.25, 0.3) is 0 Å². The van der Waals surface area contributed by atoms with Crippen molar-refractivity contribution in [1.29, 1.82) is 5.26 Å². The molecule has 3 heteroatoms. The van der Waals surface area contributed by atoms with Gasteiger partial charge in [-0.1, -0.05) is 54.6 Å². The average molecular weight is 368 g/mol. The van der Waals surface area contributed by atoms with Gasteiger partial charge in [0.2, 0.25) is 0 Å². The number of nitrogens with zero attached hydrogens (tertiary/aromatic N) is 2. The number of carbonyl (C=O) groups is 1. The van der Waals surface area contributed by atoms with Crippen LogP contribution in [0, 0.1) is 11.3 Å². The molecule has 3 nitrogen and oxygen atoms in total. The van der Waals surface area contributed by atoms with Crippen LogP contribution in [0.5, 0.6) is 0 Å². The van der Waals surface area contributed by atoms with Gasteiger partial charge in [-0.3, -0.25) is 4.79 Å². The number of allylic oxidation sites excluding steroid dienone is 4. The maximum atomic E-state index is 12.6. The predicted molar refractivity (Wildman–Crippen MR) is 111 cm³/mol. The summed E-state index contributed by atoms with van der Waals surface area (Å²) in [6.45, 7) is 3.32. The zero-order valence-corrected chi connectivity index (χ0v) is 16.1. The van der Waals surface area contributed by atoms with Crippen LogP contribution in [0.25, 0.3) is 0 Å². The molecule has 1 fully saturated rings. The molecule has 0 aromatic heterocycles. The van der Waals surface area contributed by atoms with Crippen LogP contribution in [0.3, 0.4) is 0 Å². The molecule has 1 saturated heterocycles. The highest BCUT2D eigenvalue weighted by Gasteiger charge is 2.33. The van der Waals surface area contributed by atoms with Crippen molar-refractivity contribution in [2.75, 3.05) is 6.54 Å². The quantitative estimate of drug-likeness (QED) is 0.695. The molecule has 1 aliphatic carbocycles. The van der Waals surface area contributed by atoms with E-state index in [1.54, 1.807) is 0 Å². The highest BCUT2D eigenvalue weighted by atomic mass is 16.1. The van der Waals surface area contributed by atoms with Crippen molar-refractivity contribution in [3.63, 3.8) is 0 Å². The van der Waals surface area contributed by atoms with Crippen LogP contribution < -0.4 is 0 Å². The summed E-state index contributed by atoms with van der Waals surface area (Å²) in [6.07, 6.45) is 6.97. The maximum absolute atomic E-state index is 12.6. The molecule has 1 heterocycles. The molecule has 0 saturated carbocycles. The first kappa shape index (κ1) is 18.3. The molecule has 2 aromatic rings. The molecule has 0 radical (unpaired) electrons. The van der Waals surface area contributed by atoms with Crippen LogP contribution in [0.4, 0.5) is 0 Å². The van der Waals surface area contributed by atoms with E-state index >= 15 is 0 Å². The number of hydrogen-bond acceptors (Lipinski definition) is 3. The maximum Gasteiger partial charge on any atom is 0.193 e. The topological polar surface area (TPSA) is 44.1 Å². The third kappa shape index (κ3) is 3.51. The normalized spacial score (nSPS) is 21.6. The lowest BCUT2D eigenvalue weighted by Gasteiger charge is -2.30. The fourth-order valence-corrected chi connectivity index (χ4v) is 4.39. The summed E-state index contributed by atoms with van der Waals surface area (Å²) < 4.78 is 0. The molecule has 140 valence electrons. The average Bonchev–Trinajstić information content (AvgIpc) is 3.15. The molecule has 28 heavy (non-hydrogen) atoms. The number of rotatable bonds is 4. The van der Waals surface area contributed by atoms with Crippen LogP contribution in [-0.4, -0.2) is 23.3 Å². The summed E-state index contributed by atoms with van der Waals surface area (Å²) in [7, 11) is 0. The van der Waals surface area contributed by atoms with Gasteiger partial charge in [0.15, 0.2) is 5.78 Å². The Kier molecular flexibility index (Phi) is 5.12. The molecule has 2 aliphatic rings. The molecule has 1 aliphatic heterocycles. The minimum atomic E-state index is 0.0701. The number of ketones is 1. The lowest BCUT2D eigenvalue weighted by atomic mass is 9.91. The second-order valence-electron chi connectivity index (χ2n) is 7.61. The van der Waals surface area contributed by atoms with Crippen molar-refractivity contribution < 1.29 is 4.79 Å². The monoisotopic (exact) mass is 368 g/mol. The Hall–Kier alpha value is -3.12. The third-order valence-corrected chi connectivity index (χ3v) is 6.03. The number of benzene rings is 2. The minimum Gasteiger partial charge on any atom is -0.371 e. The van der Waals surface area contributed by atoms with E-state index in [9.17, 15) is 4.79 Å². The number of carbonyl (C=O) groups excluding carboxylic acids is 1. The Morgan fingerprint density at radius 2 is 1.71 bits per heavy atom. The molecule has 4 rings (SSSR count). The summed E-state index contributed by atoms with van der Waals surface area (Å²) in [5, 5.41) is 9.03. The van der Waals surface area contributed by atoms with E-state index in [1.165, 1.54) is 11.3 Å². The van der Waals surface area contributed by atoms with E-state index in [-0.39, 0.29) is 5.78 Å². The first-order valence-electron chi connectivity index (χ1n) is 9.93. The highest BCUT2D eigenvalue weighted by molar-refractivity contribution is 6.08. The summed E-state index contributed by atoms with van der Waals surface area (Å²) in [5.41, 5.74) is 4.96. The van der Waals surface area contributed by atoms with Gasteiger partial charge in [-0.15, -0.1) is 0 Å². The van der Waals surface area contributed by atoms with Gasteiger partial charge in [-0.2, -0.15) is 5.26 Å². The molecule has 0 spiro atoms. The van der Waals surface area contributed by atoms with Gasteiger partial charge in [0, 0.05) is 40.9 Å². The van der Waals surface area contributed by atoms with E-state index in [0.29, 0.717) is 12.0 Å². The van der Waals surface area contributed by atoms with E-state index in [2.05, 4.69) is 36.1 Å². The molecular formula is C25H24N2O. The van der Waals surface area contributed by atoms with Gasteiger partial charge in [-0.25, -0.2) is 0 Å². The smallest absolute Gasteiger partial charge is 0.193 e. The van der Waals surface area contributed by atoms with Gasteiger partial charge in [-0.05, 0) is 43.9 Å². The first-order valence-corrected chi connectivity index (χ1v) is 9.93. The van der Waals surface area contributed by atoms with Gasteiger partial charge in [0.1, 0.15) is 0 Å². The van der Waals surface area contributed by atoms with Crippen LogP contribution in [0.1, 0.15) is 53.6 Å². The van der Waals surface area contributed by atoms with Gasteiger partial charge >= 0.3 is 0 Å². The lowest BCUT2D eigenvalue weighted by Crippen LogP contribution is -2.29. The minimum absolute atomic E-state index is 0.0701. The summed E-state index contributed by atoms with van der Waals surface area (Å²) in [6, 6.07) is 20.3. The van der Waals surface area contributed by atoms with Crippen molar-refractivity contribution in [3.8, 4) is 6.07 Å². The lowest BCUT2D eigenvalue weighted by molar-refractivity contribution is 0.103. The first-order chi connectivity index (χ1) is 13.7. The zero-order chi connectivity index (χ0) is 19.5. The van der Waals surface area contributed by atoms with Crippen LogP contribution in [0.2, 0.25) is 0 Å². The summed E-state index contributed by atoms with van der Waals surface area (Å²) in [4.78, 5) is 15.1. The second-order valence-corrected chi connectivity index (χ2v) is 7.61. The highest BCUT2D eigenvalue weighted by Crippen LogP contribution is 2.37. The Morgan fingerprint density at radius 1 is 1.00 bits per heavy atom. The summed E-state index contributed by atoms with van der Waals surface area (Å²) >= 11 is 0. The summed E-state index contributed by atoms with van der Waals surface area (Å²) in [5.74, 6) is 0.531. The van der Waals surface area contributed by atoms with E-state index in [1.807, 2.05) is 48.5 Å². The Morgan fingerprint density at radius 3 is 2.36 bits per heavy atom. The molecule has 2 unspecified atom stereocenters. The molecule has 2 atom stereocenters. The van der Waals surface area contributed by atoms with Gasteiger partial charge < -0.3 is 4.90 Å². The molecule has 0 N–H and O–H groups in total. The van der Waals surface area contributed by atoms with Gasteiger partial charge in [0.05, 0.1) is 6.07 Å². The number of hydrogen-bond donors (Lipinski definition) is 0. The van der Waals surface area contributed by atoms with Crippen LogP contribution in [-0.2, 0) is 0 Å². The Balaban J connectivity index is 1.48. The zero-order valence-electron chi connectivity index (χ0n) is 16.1. The van der Waals surface area contributed by atoms with E-state index in [4.69, 9.17) is 5.26 Å². The molecule has 2 aromatic carbocycles. The van der Waals surface area contributed by atoms with Crippen molar-refractivity contribution >= 4 is 5.78 Å². The van der Waals surface area contributed by atoms with E-state index in [0.717, 1.165) is 42.5 Å². The fourth-order valence-electron chi connectivity index (χ4n) is 4.39. The standard InChI is InChI=1S/C25H24N2O/c1-18-24(15-16-27(18)23-13-7-19(17-26)8-14-23)20-9-11-22(12-10-20)25(28)21-5-3-2-4-6-21/h2-7,9-13,18,24H,8,14-16H2,1H3.